The number of aromatic amines is 1. The van der Waals surface area contributed by atoms with Crippen LogP contribution in [0, 0.1) is 0 Å². The van der Waals surface area contributed by atoms with Crippen LogP contribution in [0.25, 0.3) is 12.2 Å². The minimum Gasteiger partial charge on any atom is -0.465 e. The number of carbonyl (C=O) groups excluding carboxylic acids is 1. The standard InChI is InChI=1S/C14H13NO2/c1-17-14(16)12-7-4-11(5-8-12)6-9-13-3-2-10-15-13/h2-10,15H,1H3. The van der Waals surface area contributed by atoms with Gasteiger partial charge in [0, 0.05) is 11.9 Å². The van der Waals surface area contributed by atoms with E-state index in [9.17, 15) is 4.79 Å². The summed E-state index contributed by atoms with van der Waals surface area (Å²) in [6, 6.07) is 11.2. The summed E-state index contributed by atoms with van der Waals surface area (Å²) in [6.07, 6.45) is 5.83. The number of rotatable bonds is 3. The van der Waals surface area contributed by atoms with Gasteiger partial charge >= 0.3 is 5.97 Å². The molecule has 0 fully saturated rings. The third-order valence-corrected chi connectivity index (χ3v) is 2.41. The third-order valence-electron chi connectivity index (χ3n) is 2.41. The minimum absolute atomic E-state index is 0.315. The molecule has 0 unspecified atom stereocenters. The van der Waals surface area contributed by atoms with Gasteiger partial charge in [-0.25, -0.2) is 4.79 Å². The quantitative estimate of drug-likeness (QED) is 0.819. The van der Waals surface area contributed by atoms with Crippen LogP contribution in [0.3, 0.4) is 0 Å². The maximum absolute atomic E-state index is 11.2. The number of carbonyl (C=O) groups is 1. The SMILES string of the molecule is COC(=O)c1ccc(C=Cc2ccc[nH]2)cc1. The smallest absolute Gasteiger partial charge is 0.337 e. The second kappa shape index (κ2) is 5.16. The van der Waals surface area contributed by atoms with E-state index in [1.807, 2.05) is 42.6 Å². The fourth-order valence-electron chi connectivity index (χ4n) is 1.48. The van der Waals surface area contributed by atoms with Crippen LogP contribution < -0.4 is 0 Å². The van der Waals surface area contributed by atoms with Crippen molar-refractivity contribution in [3.8, 4) is 0 Å². The molecule has 0 spiro atoms. The van der Waals surface area contributed by atoms with E-state index in [2.05, 4.69) is 9.72 Å². The van der Waals surface area contributed by atoms with Gasteiger partial charge in [-0.1, -0.05) is 18.2 Å². The fraction of sp³-hybridized carbons (Fsp3) is 0.0714. The van der Waals surface area contributed by atoms with Crippen LogP contribution in [0.2, 0.25) is 0 Å². The zero-order valence-electron chi connectivity index (χ0n) is 9.51. The Bertz CT molecular complexity index is 510. The van der Waals surface area contributed by atoms with Gasteiger partial charge in [0.1, 0.15) is 0 Å². The Labute approximate surface area is 99.7 Å². The molecule has 1 aromatic carbocycles. The van der Waals surface area contributed by atoms with Crippen molar-refractivity contribution in [1.29, 1.82) is 0 Å². The van der Waals surface area contributed by atoms with Crippen molar-refractivity contribution in [3.63, 3.8) is 0 Å². The van der Waals surface area contributed by atoms with E-state index in [1.54, 1.807) is 12.1 Å². The monoisotopic (exact) mass is 227 g/mol. The molecule has 86 valence electrons. The van der Waals surface area contributed by atoms with E-state index in [1.165, 1.54) is 7.11 Å². The molecule has 0 aliphatic carbocycles. The second-order valence-corrected chi connectivity index (χ2v) is 3.57. The Hall–Kier alpha value is -2.29. The predicted molar refractivity (Wildman–Crippen MR) is 67.5 cm³/mol. The second-order valence-electron chi connectivity index (χ2n) is 3.57. The summed E-state index contributed by atoms with van der Waals surface area (Å²) in [5.41, 5.74) is 2.64. The summed E-state index contributed by atoms with van der Waals surface area (Å²) < 4.78 is 4.63. The molecule has 0 atom stereocenters. The zero-order valence-corrected chi connectivity index (χ0v) is 9.51. The van der Waals surface area contributed by atoms with E-state index in [0.717, 1.165) is 11.3 Å². The van der Waals surface area contributed by atoms with E-state index in [-0.39, 0.29) is 5.97 Å². The van der Waals surface area contributed by atoms with Crippen molar-refractivity contribution in [2.24, 2.45) is 0 Å². The topological polar surface area (TPSA) is 42.1 Å². The van der Waals surface area contributed by atoms with Gasteiger partial charge in [-0.3, -0.25) is 0 Å². The molecule has 1 N–H and O–H groups in total. The molecule has 0 bridgehead atoms. The normalized spacial score (nSPS) is 10.6. The molecule has 0 aliphatic rings. The van der Waals surface area contributed by atoms with Crippen LogP contribution in [0.15, 0.2) is 42.6 Å². The molecule has 0 aliphatic heterocycles. The average molecular weight is 227 g/mol. The van der Waals surface area contributed by atoms with E-state index in [0.29, 0.717) is 5.56 Å². The van der Waals surface area contributed by atoms with Gasteiger partial charge < -0.3 is 9.72 Å². The Morgan fingerprint density at radius 3 is 2.53 bits per heavy atom. The summed E-state index contributed by atoms with van der Waals surface area (Å²) in [5, 5.41) is 0. The van der Waals surface area contributed by atoms with Gasteiger partial charge in [0.05, 0.1) is 12.7 Å². The van der Waals surface area contributed by atoms with Crippen LogP contribution in [0.4, 0.5) is 0 Å². The maximum atomic E-state index is 11.2. The van der Waals surface area contributed by atoms with Gasteiger partial charge in [0.15, 0.2) is 0 Å². The van der Waals surface area contributed by atoms with E-state index >= 15 is 0 Å². The van der Waals surface area contributed by atoms with Gasteiger partial charge in [0.2, 0.25) is 0 Å². The highest BCUT2D eigenvalue weighted by Crippen LogP contribution is 2.09. The lowest BCUT2D eigenvalue weighted by atomic mass is 10.1. The number of nitrogens with one attached hydrogen (secondary N) is 1. The van der Waals surface area contributed by atoms with Crippen molar-refractivity contribution in [3.05, 3.63) is 59.4 Å². The number of benzene rings is 1. The molecule has 1 aromatic heterocycles. The third kappa shape index (κ3) is 2.84. The molecule has 0 saturated heterocycles. The molecule has 3 heteroatoms. The predicted octanol–water partition coefficient (Wildman–Crippen LogP) is 2.97. The molecule has 0 saturated carbocycles. The first-order valence-electron chi connectivity index (χ1n) is 5.29. The summed E-state index contributed by atoms with van der Waals surface area (Å²) >= 11 is 0. The zero-order chi connectivity index (χ0) is 12.1. The molecular formula is C14H13NO2. The Kier molecular flexibility index (Phi) is 3.40. The Balaban J connectivity index is 2.11. The summed E-state index contributed by atoms with van der Waals surface area (Å²) in [4.78, 5) is 14.3. The van der Waals surface area contributed by atoms with Crippen molar-refractivity contribution in [1.82, 2.24) is 4.98 Å². The number of methoxy groups -OCH3 is 1. The van der Waals surface area contributed by atoms with Crippen LogP contribution in [0.1, 0.15) is 21.6 Å². The van der Waals surface area contributed by atoms with Crippen molar-refractivity contribution < 1.29 is 9.53 Å². The lowest BCUT2D eigenvalue weighted by molar-refractivity contribution is 0.0601. The number of hydrogen-bond donors (Lipinski definition) is 1. The molecular weight excluding hydrogens is 214 g/mol. The summed E-state index contributed by atoms with van der Waals surface area (Å²) in [5.74, 6) is -0.315. The van der Waals surface area contributed by atoms with Gasteiger partial charge in [-0.2, -0.15) is 0 Å². The first kappa shape index (κ1) is 11.2. The molecule has 0 radical (unpaired) electrons. The summed E-state index contributed by atoms with van der Waals surface area (Å²) in [6.45, 7) is 0. The number of aromatic nitrogens is 1. The molecule has 0 amide bonds. The average Bonchev–Trinajstić information content (AvgIpc) is 2.89. The van der Waals surface area contributed by atoms with Gasteiger partial charge in [-0.15, -0.1) is 0 Å². The first-order valence-corrected chi connectivity index (χ1v) is 5.29. The maximum Gasteiger partial charge on any atom is 0.337 e. The minimum atomic E-state index is -0.315. The molecule has 17 heavy (non-hydrogen) atoms. The molecule has 2 aromatic rings. The fourth-order valence-corrected chi connectivity index (χ4v) is 1.48. The molecule has 2 rings (SSSR count). The summed E-state index contributed by atoms with van der Waals surface area (Å²) in [7, 11) is 1.38. The highest BCUT2D eigenvalue weighted by atomic mass is 16.5. The lowest BCUT2D eigenvalue weighted by Crippen LogP contribution is -2.00. The largest absolute Gasteiger partial charge is 0.465 e. The van der Waals surface area contributed by atoms with Crippen molar-refractivity contribution >= 4 is 18.1 Å². The Morgan fingerprint density at radius 2 is 1.94 bits per heavy atom. The number of hydrogen-bond acceptors (Lipinski definition) is 2. The lowest BCUT2D eigenvalue weighted by Gasteiger charge is -1.99. The highest BCUT2D eigenvalue weighted by Gasteiger charge is 2.02. The van der Waals surface area contributed by atoms with Crippen LogP contribution in [-0.4, -0.2) is 18.1 Å². The van der Waals surface area contributed by atoms with Gasteiger partial charge in [0.25, 0.3) is 0 Å². The van der Waals surface area contributed by atoms with Crippen molar-refractivity contribution in [2.75, 3.05) is 7.11 Å². The van der Waals surface area contributed by atoms with Crippen LogP contribution in [0.5, 0.6) is 0 Å². The van der Waals surface area contributed by atoms with Crippen LogP contribution >= 0.6 is 0 Å². The molecule has 3 nitrogen and oxygen atoms in total. The van der Waals surface area contributed by atoms with E-state index < -0.39 is 0 Å². The van der Waals surface area contributed by atoms with Crippen LogP contribution in [-0.2, 0) is 4.74 Å². The number of H-pyrrole nitrogens is 1. The number of ether oxygens (including phenoxy) is 1. The molecule has 1 heterocycles. The highest BCUT2D eigenvalue weighted by molar-refractivity contribution is 5.89. The van der Waals surface area contributed by atoms with E-state index in [4.69, 9.17) is 0 Å². The number of esters is 1. The van der Waals surface area contributed by atoms with Gasteiger partial charge in [-0.05, 0) is 35.9 Å². The first-order chi connectivity index (χ1) is 8.29. The Morgan fingerprint density at radius 1 is 1.18 bits per heavy atom. The van der Waals surface area contributed by atoms with Crippen molar-refractivity contribution in [2.45, 2.75) is 0 Å².